The average Bonchev–Trinajstić information content (AvgIpc) is 2.80. The fourth-order valence-corrected chi connectivity index (χ4v) is 2.99. The zero-order valence-corrected chi connectivity index (χ0v) is 16.1. The lowest BCUT2D eigenvalue weighted by molar-refractivity contribution is -0.384. The molecule has 154 valence electrons. The average molecular weight is 416 g/mol. The van der Waals surface area contributed by atoms with Gasteiger partial charge in [-0.05, 0) is 24.3 Å². The van der Waals surface area contributed by atoms with E-state index in [1.807, 2.05) is 6.07 Å². The number of carbonyl (C=O) groups excluding carboxylic acids is 1. The molecule has 0 saturated heterocycles. The van der Waals surface area contributed by atoms with Crippen molar-refractivity contribution in [2.24, 2.45) is 0 Å². The monoisotopic (exact) mass is 416 g/mol. The molecule has 3 aromatic carbocycles. The van der Waals surface area contributed by atoms with E-state index in [9.17, 15) is 19.7 Å². The minimum absolute atomic E-state index is 0.0851. The van der Waals surface area contributed by atoms with Crippen LogP contribution in [-0.2, 0) is 4.79 Å². The molecule has 0 saturated carbocycles. The van der Waals surface area contributed by atoms with Crippen molar-refractivity contribution in [1.29, 1.82) is 0 Å². The van der Waals surface area contributed by atoms with Crippen LogP contribution in [0, 0.1) is 10.1 Å². The van der Waals surface area contributed by atoms with Gasteiger partial charge in [-0.15, -0.1) is 0 Å². The van der Waals surface area contributed by atoms with Crippen LogP contribution in [0.1, 0.15) is 0 Å². The first-order valence-corrected chi connectivity index (χ1v) is 9.27. The maximum absolute atomic E-state index is 13.0. The number of nitro benzene ring substituents is 1. The highest BCUT2D eigenvalue weighted by Gasteiger charge is 2.15. The standard InChI is InChI=1S/C22H16N4O5/c27-20(14-31-17-12-10-16(11-13-17)26(29)30)24-25-21(15-6-2-1-3-7-15)23-19-9-5-4-8-18(19)22(25)28/h1-13H,14H2,(H,24,27). The smallest absolute Gasteiger partial charge is 0.280 e. The number of carbonyl (C=O) groups is 1. The molecule has 31 heavy (non-hydrogen) atoms. The molecular weight excluding hydrogens is 400 g/mol. The molecule has 0 aliphatic carbocycles. The number of benzene rings is 3. The lowest BCUT2D eigenvalue weighted by Gasteiger charge is -2.15. The number of fused-ring (bicyclic) bond motifs is 1. The topological polar surface area (TPSA) is 116 Å². The molecule has 0 atom stereocenters. The van der Waals surface area contributed by atoms with Crippen LogP contribution in [0.5, 0.6) is 5.75 Å². The van der Waals surface area contributed by atoms with Gasteiger partial charge in [-0.25, -0.2) is 4.98 Å². The van der Waals surface area contributed by atoms with Crippen LogP contribution >= 0.6 is 0 Å². The van der Waals surface area contributed by atoms with E-state index >= 15 is 0 Å². The van der Waals surface area contributed by atoms with Gasteiger partial charge in [0.25, 0.3) is 17.2 Å². The second-order valence-electron chi connectivity index (χ2n) is 6.53. The predicted molar refractivity (Wildman–Crippen MR) is 114 cm³/mol. The Balaban J connectivity index is 1.61. The number of amides is 1. The summed E-state index contributed by atoms with van der Waals surface area (Å²) in [4.78, 5) is 40.3. The number of hydrogen-bond donors (Lipinski definition) is 1. The highest BCUT2D eigenvalue weighted by Crippen LogP contribution is 2.19. The highest BCUT2D eigenvalue weighted by atomic mass is 16.6. The summed E-state index contributed by atoms with van der Waals surface area (Å²) < 4.78 is 6.47. The van der Waals surface area contributed by atoms with Gasteiger partial charge in [-0.3, -0.25) is 25.1 Å². The van der Waals surface area contributed by atoms with E-state index in [1.54, 1.807) is 48.5 Å². The minimum atomic E-state index is -0.588. The number of nitro groups is 1. The Morgan fingerprint density at radius 3 is 2.39 bits per heavy atom. The molecule has 4 rings (SSSR count). The predicted octanol–water partition coefficient (Wildman–Crippen LogP) is 3.12. The van der Waals surface area contributed by atoms with E-state index in [0.717, 1.165) is 4.68 Å². The van der Waals surface area contributed by atoms with Crippen molar-refractivity contribution in [3.05, 3.63) is 99.3 Å². The van der Waals surface area contributed by atoms with Gasteiger partial charge in [0.05, 0.1) is 15.8 Å². The second kappa shape index (κ2) is 8.46. The molecule has 1 amide bonds. The molecule has 0 unspecified atom stereocenters. The molecule has 0 aliphatic rings. The Hall–Kier alpha value is -4.53. The SMILES string of the molecule is O=C(COc1ccc([N+](=O)[O-])cc1)Nn1c(-c2ccccc2)nc2ccccc2c1=O. The molecule has 0 spiro atoms. The first-order valence-electron chi connectivity index (χ1n) is 9.27. The van der Waals surface area contributed by atoms with Crippen molar-refractivity contribution < 1.29 is 14.5 Å². The van der Waals surface area contributed by atoms with Crippen molar-refractivity contribution in [2.75, 3.05) is 12.0 Å². The summed E-state index contributed by atoms with van der Waals surface area (Å²) in [6.07, 6.45) is 0. The van der Waals surface area contributed by atoms with E-state index in [-0.39, 0.29) is 17.3 Å². The van der Waals surface area contributed by atoms with Crippen LogP contribution in [0.25, 0.3) is 22.3 Å². The van der Waals surface area contributed by atoms with E-state index < -0.39 is 23.0 Å². The van der Waals surface area contributed by atoms with E-state index in [2.05, 4.69) is 10.4 Å². The molecule has 4 aromatic rings. The quantitative estimate of drug-likeness (QED) is 0.381. The van der Waals surface area contributed by atoms with E-state index in [1.165, 1.54) is 24.3 Å². The number of ether oxygens (including phenoxy) is 1. The van der Waals surface area contributed by atoms with Crippen molar-refractivity contribution in [1.82, 2.24) is 9.66 Å². The van der Waals surface area contributed by atoms with Crippen LogP contribution in [-0.4, -0.2) is 27.1 Å². The number of hydrogen-bond acceptors (Lipinski definition) is 6. The molecular formula is C22H16N4O5. The number of nitrogens with one attached hydrogen (secondary N) is 1. The summed E-state index contributed by atoms with van der Waals surface area (Å²) >= 11 is 0. The zero-order chi connectivity index (χ0) is 21.8. The van der Waals surface area contributed by atoms with Gasteiger partial charge in [0.1, 0.15) is 5.75 Å². The van der Waals surface area contributed by atoms with Crippen molar-refractivity contribution >= 4 is 22.5 Å². The molecule has 0 bridgehead atoms. The van der Waals surface area contributed by atoms with Crippen LogP contribution < -0.4 is 15.7 Å². The first-order chi connectivity index (χ1) is 15.0. The maximum atomic E-state index is 13.0. The number of nitrogens with zero attached hydrogens (tertiary/aromatic N) is 3. The Morgan fingerprint density at radius 2 is 1.68 bits per heavy atom. The summed E-state index contributed by atoms with van der Waals surface area (Å²) in [5.74, 6) is -0.0179. The Morgan fingerprint density at radius 1 is 1.00 bits per heavy atom. The Labute approximate surface area is 175 Å². The lowest BCUT2D eigenvalue weighted by Crippen LogP contribution is -2.37. The highest BCUT2D eigenvalue weighted by molar-refractivity contribution is 5.87. The van der Waals surface area contributed by atoms with E-state index in [4.69, 9.17) is 4.74 Å². The molecule has 1 aromatic heterocycles. The third-order valence-corrected chi connectivity index (χ3v) is 4.46. The normalized spacial score (nSPS) is 10.6. The number of rotatable bonds is 6. The van der Waals surface area contributed by atoms with Gasteiger partial charge in [0, 0.05) is 17.7 Å². The fourth-order valence-electron chi connectivity index (χ4n) is 2.99. The molecule has 1 heterocycles. The third-order valence-electron chi connectivity index (χ3n) is 4.46. The summed E-state index contributed by atoms with van der Waals surface area (Å²) in [7, 11) is 0. The van der Waals surface area contributed by atoms with Gasteiger partial charge < -0.3 is 4.74 Å². The zero-order valence-electron chi connectivity index (χ0n) is 16.1. The maximum Gasteiger partial charge on any atom is 0.280 e. The number of aromatic nitrogens is 2. The molecule has 1 N–H and O–H groups in total. The Kier molecular flexibility index (Phi) is 5.39. The van der Waals surface area contributed by atoms with Gasteiger partial charge in [-0.1, -0.05) is 42.5 Å². The minimum Gasteiger partial charge on any atom is -0.484 e. The van der Waals surface area contributed by atoms with Crippen LogP contribution in [0.3, 0.4) is 0 Å². The van der Waals surface area contributed by atoms with Crippen molar-refractivity contribution in [2.45, 2.75) is 0 Å². The third kappa shape index (κ3) is 4.25. The van der Waals surface area contributed by atoms with Gasteiger partial charge in [0.15, 0.2) is 12.4 Å². The summed E-state index contributed by atoms with van der Waals surface area (Å²) in [6.45, 7) is -0.398. The summed E-state index contributed by atoms with van der Waals surface area (Å²) in [5, 5.41) is 11.1. The summed E-state index contributed by atoms with van der Waals surface area (Å²) in [5.41, 5.74) is 3.20. The van der Waals surface area contributed by atoms with Gasteiger partial charge in [0.2, 0.25) is 0 Å². The van der Waals surface area contributed by atoms with Crippen molar-refractivity contribution in [3.8, 4) is 17.1 Å². The molecule has 0 fully saturated rings. The van der Waals surface area contributed by atoms with E-state index in [0.29, 0.717) is 16.5 Å². The molecule has 0 aliphatic heterocycles. The fraction of sp³-hybridized carbons (Fsp3) is 0.0455. The second-order valence-corrected chi connectivity index (χ2v) is 6.53. The molecule has 9 nitrogen and oxygen atoms in total. The van der Waals surface area contributed by atoms with Gasteiger partial charge >= 0.3 is 0 Å². The lowest BCUT2D eigenvalue weighted by atomic mass is 10.2. The summed E-state index contributed by atoms with van der Waals surface area (Å²) in [6, 6.07) is 21.2. The van der Waals surface area contributed by atoms with Crippen molar-refractivity contribution in [3.63, 3.8) is 0 Å². The van der Waals surface area contributed by atoms with Crippen LogP contribution in [0.15, 0.2) is 83.7 Å². The number of non-ortho nitro benzene ring substituents is 1. The number of para-hydroxylation sites is 1. The van der Waals surface area contributed by atoms with Gasteiger partial charge in [-0.2, -0.15) is 4.68 Å². The van der Waals surface area contributed by atoms with Crippen LogP contribution in [0.2, 0.25) is 0 Å². The molecule has 0 radical (unpaired) electrons. The van der Waals surface area contributed by atoms with Crippen LogP contribution in [0.4, 0.5) is 5.69 Å². The first kappa shape index (κ1) is 19.8. The molecule has 9 heteroatoms. The largest absolute Gasteiger partial charge is 0.484 e. The Bertz CT molecular complexity index is 1320.